The van der Waals surface area contributed by atoms with Crippen LogP contribution >= 0.6 is 0 Å². The molecule has 1 aromatic carbocycles. The van der Waals surface area contributed by atoms with Crippen LogP contribution in [0.15, 0.2) is 18.2 Å². The number of carbonyl (C=O) groups is 1. The third-order valence-corrected chi connectivity index (χ3v) is 3.98. The molecule has 0 radical (unpaired) electrons. The van der Waals surface area contributed by atoms with Gasteiger partial charge in [0.25, 0.3) is 0 Å². The van der Waals surface area contributed by atoms with E-state index in [1.165, 1.54) is 32.4 Å². The summed E-state index contributed by atoms with van der Waals surface area (Å²) in [6.45, 7) is -0.605. The molecule has 1 aliphatic heterocycles. The number of benzene rings is 1. The fourth-order valence-corrected chi connectivity index (χ4v) is 2.56. The SMILES string of the molecule is COc1cc(/C=C/C(=O)[O-])cc(OC)c1O[C@@H]1O[C@H](CO)[C@@H](O)[C@H](O)[C@H]1O. The minimum atomic E-state index is -1.62. The maximum atomic E-state index is 10.6. The van der Waals surface area contributed by atoms with Crippen molar-refractivity contribution in [3.63, 3.8) is 0 Å². The molecule has 4 N–H and O–H groups in total. The van der Waals surface area contributed by atoms with Crippen molar-refractivity contribution in [1.82, 2.24) is 0 Å². The van der Waals surface area contributed by atoms with Gasteiger partial charge in [-0.1, -0.05) is 6.08 Å². The van der Waals surface area contributed by atoms with E-state index in [1.807, 2.05) is 0 Å². The van der Waals surface area contributed by atoms with E-state index >= 15 is 0 Å². The first-order chi connectivity index (χ1) is 12.8. The summed E-state index contributed by atoms with van der Waals surface area (Å²) in [5, 5.41) is 49.6. The summed E-state index contributed by atoms with van der Waals surface area (Å²) < 4.78 is 21.3. The largest absolute Gasteiger partial charge is 0.545 e. The molecule has 0 aliphatic carbocycles. The second kappa shape index (κ2) is 9.02. The van der Waals surface area contributed by atoms with Gasteiger partial charge in [-0.15, -0.1) is 0 Å². The lowest BCUT2D eigenvalue weighted by atomic mass is 9.99. The van der Waals surface area contributed by atoms with E-state index in [-0.39, 0.29) is 17.2 Å². The van der Waals surface area contributed by atoms with Crippen molar-refractivity contribution in [2.45, 2.75) is 30.7 Å². The monoisotopic (exact) mass is 385 g/mol. The highest BCUT2D eigenvalue weighted by atomic mass is 16.7. The summed E-state index contributed by atoms with van der Waals surface area (Å²) in [5.74, 6) is -1.11. The highest BCUT2D eigenvalue weighted by molar-refractivity contribution is 5.84. The summed E-state index contributed by atoms with van der Waals surface area (Å²) in [6, 6.07) is 2.89. The molecule has 0 amide bonds. The Kier molecular flexibility index (Phi) is 6.99. The molecule has 0 bridgehead atoms. The molecular formula is C17H21O10-. The Bertz CT molecular complexity index is 661. The van der Waals surface area contributed by atoms with Crippen LogP contribution in [0.2, 0.25) is 0 Å². The van der Waals surface area contributed by atoms with Crippen LogP contribution in [0.3, 0.4) is 0 Å². The lowest BCUT2D eigenvalue weighted by Gasteiger charge is -2.39. The number of hydrogen-bond donors (Lipinski definition) is 4. The third kappa shape index (κ3) is 4.67. The quantitative estimate of drug-likeness (QED) is 0.374. The van der Waals surface area contributed by atoms with Gasteiger partial charge in [-0.2, -0.15) is 0 Å². The molecule has 5 atom stereocenters. The number of aliphatic carboxylic acids is 1. The first-order valence-corrected chi connectivity index (χ1v) is 7.94. The van der Waals surface area contributed by atoms with Crippen molar-refractivity contribution in [3.8, 4) is 17.2 Å². The van der Waals surface area contributed by atoms with E-state index in [4.69, 9.17) is 18.9 Å². The number of carboxylic acid groups (broad SMARTS) is 1. The van der Waals surface area contributed by atoms with E-state index in [1.54, 1.807) is 0 Å². The number of hydrogen-bond acceptors (Lipinski definition) is 10. The smallest absolute Gasteiger partial charge is 0.229 e. The molecule has 10 nitrogen and oxygen atoms in total. The standard InChI is InChI=1S/C17H22O10/c1-24-9-5-8(3-4-12(19)20)6-10(25-2)16(9)27-17-15(23)14(22)13(21)11(7-18)26-17/h3-6,11,13-15,17-18,21-23H,7H2,1-2H3,(H,19,20)/p-1/b4-3+/t11-,13-,14+,15-,17+/m1/s1. The minimum Gasteiger partial charge on any atom is -0.545 e. The second-order valence-corrected chi connectivity index (χ2v) is 5.72. The molecule has 150 valence electrons. The highest BCUT2D eigenvalue weighted by Crippen LogP contribution is 2.40. The van der Waals surface area contributed by atoms with Crippen LogP contribution in [0.1, 0.15) is 5.56 Å². The predicted molar refractivity (Wildman–Crippen MR) is 88.0 cm³/mol. The normalized spacial score (nSPS) is 28.1. The van der Waals surface area contributed by atoms with Gasteiger partial charge in [0.1, 0.15) is 24.4 Å². The molecule has 0 spiro atoms. The predicted octanol–water partition coefficient (Wildman–Crippen LogP) is -2.35. The average Bonchev–Trinajstić information content (AvgIpc) is 2.66. The molecule has 1 heterocycles. The van der Waals surface area contributed by atoms with E-state index in [9.17, 15) is 30.3 Å². The number of methoxy groups -OCH3 is 2. The van der Waals surface area contributed by atoms with Gasteiger partial charge in [-0.25, -0.2) is 0 Å². The number of ether oxygens (including phenoxy) is 4. The molecule has 1 saturated heterocycles. The van der Waals surface area contributed by atoms with Crippen molar-refractivity contribution in [1.29, 1.82) is 0 Å². The zero-order valence-electron chi connectivity index (χ0n) is 14.6. The van der Waals surface area contributed by atoms with Crippen LogP contribution in [0.25, 0.3) is 6.08 Å². The van der Waals surface area contributed by atoms with Crippen LogP contribution in [0.4, 0.5) is 0 Å². The fraction of sp³-hybridized carbons (Fsp3) is 0.471. The van der Waals surface area contributed by atoms with Crippen LogP contribution in [0.5, 0.6) is 17.2 Å². The van der Waals surface area contributed by atoms with E-state index in [0.29, 0.717) is 5.56 Å². The Morgan fingerprint density at radius 2 is 1.74 bits per heavy atom. The Labute approximate surface area is 154 Å². The maximum absolute atomic E-state index is 10.6. The number of carbonyl (C=O) groups excluding carboxylic acids is 1. The highest BCUT2D eigenvalue weighted by Gasteiger charge is 2.45. The molecular weight excluding hydrogens is 364 g/mol. The summed E-state index contributed by atoms with van der Waals surface area (Å²) in [7, 11) is 2.67. The summed E-state index contributed by atoms with van der Waals surface area (Å²) >= 11 is 0. The molecule has 0 aromatic heterocycles. The van der Waals surface area contributed by atoms with Gasteiger partial charge in [0, 0.05) is 0 Å². The molecule has 0 saturated carbocycles. The van der Waals surface area contributed by atoms with Gasteiger partial charge in [0.15, 0.2) is 11.5 Å². The lowest BCUT2D eigenvalue weighted by Crippen LogP contribution is -2.60. The molecule has 1 aliphatic rings. The van der Waals surface area contributed by atoms with Crippen LogP contribution in [0, 0.1) is 0 Å². The zero-order valence-corrected chi connectivity index (χ0v) is 14.6. The van der Waals surface area contributed by atoms with Crippen LogP contribution < -0.4 is 19.3 Å². The fourth-order valence-electron chi connectivity index (χ4n) is 2.56. The van der Waals surface area contributed by atoms with Crippen LogP contribution in [-0.2, 0) is 9.53 Å². The lowest BCUT2D eigenvalue weighted by molar-refractivity contribution is -0.297. The second-order valence-electron chi connectivity index (χ2n) is 5.72. The number of aliphatic hydroxyl groups excluding tert-OH is 4. The third-order valence-electron chi connectivity index (χ3n) is 3.98. The van der Waals surface area contributed by atoms with Crippen molar-refractivity contribution in [2.75, 3.05) is 20.8 Å². The Hall–Kier alpha value is -2.37. The van der Waals surface area contributed by atoms with Crippen molar-refractivity contribution >= 4 is 12.0 Å². The summed E-state index contributed by atoms with van der Waals surface area (Å²) in [4.78, 5) is 10.6. The molecule has 1 aromatic rings. The van der Waals surface area contributed by atoms with Gasteiger partial charge in [0.2, 0.25) is 12.0 Å². The first kappa shape index (κ1) is 20.9. The van der Waals surface area contributed by atoms with Gasteiger partial charge in [-0.3, -0.25) is 0 Å². The van der Waals surface area contributed by atoms with Crippen LogP contribution in [-0.4, -0.2) is 77.9 Å². The summed E-state index contributed by atoms with van der Waals surface area (Å²) in [6.07, 6.45) is -5.24. The van der Waals surface area contributed by atoms with E-state index in [0.717, 1.165) is 6.08 Å². The van der Waals surface area contributed by atoms with Gasteiger partial charge >= 0.3 is 0 Å². The number of carboxylic acids is 1. The van der Waals surface area contributed by atoms with Crippen molar-refractivity contribution in [3.05, 3.63) is 23.8 Å². The average molecular weight is 385 g/mol. The maximum Gasteiger partial charge on any atom is 0.229 e. The van der Waals surface area contributed by atoms with Gasteiger partial charge in [0.05, 0.1) is 26.8 Å². The Morgan fingerprint density at radius 1 is 1.15 bits per heavy atom. The number of rotatable bonds is 7. The molecule has 10 heteroatoms. The van der Waals surface area contributed by atoms with Gasteiger partial charge < -0.3 is 49.3 Å². The van der Waals surface area contributed by atoms with E-state index in [2.05, 4.69) is 0 Å². The topological polar surface area (TPSA) is 158 Å². The zero-order chi connectivity index (χ0) is 20.1. The molecule has 0 unspecified atom stereocenters. The summed E-state index contributed by atoms with van der Waals surface area (Å²) in [5.41, 5.74) is 0.411. The molecule has 27 heavy (non-hydrogen) atoms. The van der Waals surface area contributed by atoms with Crippen molar-refractivity contribution < 1.29 is 49.3 Å². The molecule has 2 rings (SSSR count). The minimum absolute atomic E-state index is 0.00919. The molecule has 1 fully saturated rings. The Morgan fingerprint density at radius 3 is 2.22 bits per heavy atom. The van der Waals surface area contributed by atoms with Crippen molar-refractivity contribution in [2.24, 2.45) is 0 Å². The van der Waals surface area contributed by atoms with Gasteiger partial charge in [-0.05, 0) is 23.8 Å². The van der Waals surface area contributed by atoms with E-state index < -0.39 is 43.3 Å². The number of aliphatic hydroxyl groups is 4. The first-order valence-electron chi connectivity index (χ1n) is 7.94. The Balaban J connectivity index is 2.35.